The highest BCUT2D eigenvalue weighted by atomic mass is 16.2. The van der Waals surface area contributed by atoms with Crippen LogP contribution in [0, 0.1) is 0 Å². The molecule has 1 aromatic heterocycles. The molecule has 1 heterocycles. The molecule has 0 saturated heterocycles. The summed E-state index contributed by atoms with van der Waals surface area (Å²) < 4.78 is 0. The molecule has 0 aliphatic heterocycles. The molecule has 6 heteroatoms. The second kappa shape index (κ2) is 4.96. The number of nitrogens with zero attached hydrogens (tertiary/aromatic N) is 2. The van der Waals surface area contributed by atoms with Crippen LogP contribution < -0.4 is 16.4 Å². The summed E-state index contributed by atoms with van der Waals surface area (Å²) in [6.07, 6.45) is 2.13. The number of aromatic nitrogens is 2. The number of hydrogen-bond acceptors (Lipinski definition) is 5. The van der Waals surface area contributed by atoms with Crippen LogP contribution >= 0.6 is 0 Å². The number of carbonyl (C=O) groups is 1. The van der Waals surface area contributed by atoms with Crippen molar-refractivity contribution in [2.45, 2.75) is 31.8 Å². The Bertz CT molecular complexity index is 653. The van der Waals surface area contributed by atoms with E-state index in [4.69, 9.17) is 5.73 Å². The van der Waals surface area contributed by atoms with E-state index in [2.05, 4.69) is 20.6 Å². The minimum Gasteiger partial charge on any atom is -0.381 e. The molecule has 1 fully saturated rings. The van der Waals surface area contributed by atoms with E-state index in [1.807, 2.05) is 24.3 Å². The maximum atomic E-state index is 11.9. The molecule has 1 aliphatic carbocycles. The van der Waals surface area contributed by atoms with Crippen molar-refractivity contribution in [3.63, 3.8) is 0 Å². The molecule has 1 saturated carbocycles. The van der Waals surface area contributed by atoms with Crippen molar-refractivity contribution in [2.24, 2.45) is 0 Å². The maximum Gasteiger partial charge on any atom is 0.242 e. The summed E-state index contributed by atoms with van der Waals surface area (Å²) in [4.78, 5) is 20.6. The first-order valence-corrected chi connectivity index (χ1v) is 6.72. The van der Waals surface area contributed by atoms with Gasteiger partial charge in [0, 0.05) is 6.04 Å². The zero-order valence-corrected chi connectivity index (χ0v) is 11.3. The number of rotatable bonds is 4. The smallest absolute Gasteiger partial charge is 0.242 e. The predicted octanol–water partition coefficient (Wildman–Crippen LogP) is 1.29. The zero-order valence-electron chi connectivity index (χ0n) is 11.3. The van der Waals surface area contributed by atoms with E-state index in [1.165, 1.54) is 0 Å². The number of nitrogen functional groups attached to an aromatic ring is 1. The number of benzene rings is 1. The van der Waals surface area contributed by atoms with Gasteiger partial charge < -0.3 is 16.4 Å². The van der Waals surface area contributed by atoms with Crippen molar-refractivity contribution in [3.05, 3.63) is 24.3 Å². The third-order valence-corrected chi connectivity index (χ3v) is 3.27. The van der Waals surface area contributed by atoms with Crippen LogP contribution in [0.25, 0.3) is 11.0 Å². The molecule has 0 spiro atoms. The van der Waals surface area contributed by atoms with Gasteiger partial charge in [-0.1, -0.05) is 12.1 Å². The lowest BCUT2D eigenvalue weighted by atomic mass is 10.3. The molecule has 1 atom stereocenters. The summed E-state index contributed by atoms with van der Waals surface area (Å²) in [6.45, 7) is 1.79. The molecule has 2 aromatic rings. The Morgan fingerprint density at radius 3 is 2.60 bits per heavy atom. The van der Waals surface area contributed by atoms with Gasteiger partial charge in [0.15, 0.2) is 11.6 Å². The van der Waals surface area contributed by atoms with E-state index in [0.717, 1.165) is 23.9 Å². The van der Waals surface area contributed by atoms with Crippen LogP contribution in [0.15, 0.2) is 24.3 Å². The highest BCUT2D eigenvalue weighted by Gasteiger charge is 2.26. The number of nitrogens with one attached hydrogen (secondary N) is 2. The molecule has 4 N–H and O–H groups in total. The highest BCUT2D eigenvalue weighted by Crippen LogP contribution is 2.21. The van der Waals surface area contributed by atoms with Gasteiger partial charge in [-0.3, -0.25) is 4.79 Å². The van der Waals surface area contributed by atoms with Crippen molar-refractivity contribution < 1.29 is 4.79 Å². The van der Waals surface area contributed by atoms with E-state index >= 15 is 0 Å². The zero-order chi connectivity index (χ0) is 14.1. The van der Waals surface area contributed by atoms with Gasteiger partial charge in [0.2, 0.25) is 5.91 Å². The fraction of sp³-hybridized carbons (Fsp3) is 0.357. The molecule has 0 radical (unpaired) electrons. The number of nitrogens with two attached hydrogens (primary N) is 1. The first-order chi connectivity index (χ1) is 9.63. The van der Waals surface area contributed by atoms with Crippen LogP contribution in [0.2, 0.25) is 0 Å². The van der Waals surface area contributed by atoms with Gasteiger partial charge in [-0.2, -0.15) is 0 Å². The van der Waals surface area contributed by atoms with Crippen molar-refractivity contribution in [2.75, 3.05) is 11.1 Å². The molecule has 1 unspecified atom stereocenters. The Labute approximate surface area is 116 Å². The fourth-order valence-electron chi connectivity index (χ4n) is 1.94. The minimum atomic E-state index is -0.395. The van der Waals surface area contributed by atoms with Crippen LogP contribution in [-0.4, -0.2) is 28.0 Å². The lowest BCUT2D eigenvalue weighted by Gasteiger charge is -2.15. The Morgan fingerprint density at radius 1 is 1.30 bits per heavy atom. The van der Waals surface area contributed by atoms with E-state index < -0.39 is 6.04 Å². The predicted molar refractivity (Wildman–Crippen MR) is 78.2 cm³/mol. The molecule has 20 heavy (non-hydrogen) atoms. The first-order valence-electron chi connectivity index (χ1n) is 6.72. The quantitative estimate of drug-likeness (QED) is 0.779. The van der Waals surface area contributed by atoms with Gasteiger partial charge in [-0.05, 0) is 31.9 Å². The Morgan fingerprint density at radius 2 is 1.95 bits per heavy atom. The average Bonchev–Trinajstić information content (AvgIpc) is 3.23. The number of hydrogen-bond donors (Lipinski definition) is 3. The lowest BCUT2D eigenvalue weighted by Crippen LogP contribution is -2.39. The average molecular weight is 271 g/mol. The topological polar surface area (TPSA) is 92.9 Å². The molecule has 1 aliphatic rings. The number of para-hydroxylation sites is 2. The molecule has 0 bridgehead atoms. The van der Waals surface area contributed by atoms with E-state index in [-0.39, 0.29) is 5.91 Å². The third kappa shape index (κ3) is 2.64. The largest absolute Gasteiger partial charge is 0.381 e. The van der Waals surface area contributed by atoms with Crippen molar-refractivity contribution in [3.8, 4) is 0 Å². The fourth-order valence-corrected chi connectivity index (χ4v) is 1.94. The number of anilines is 2. The van der Waals surface area contributed by atoms with Crippen LogP contribution in [0.1, 0.15) is 19.8 Å². The van der Waals surface area contributed by atoms with Gasteiger partial charge in [-0.25, -0.2) is 9.97 Å². The molecule has 3 rings (SSSR count). The molecular weight excluding hydrogens is 254 g/mol. The van der Waals surface area contributed by atoms with E-state index in [0.29, 0.717) is 17.7 Å². The Hall–Kier alpha value is -2.37. The maximum absolute atomic E-state index is 11.9. The Balaban J connectivity index is 1.78. The number of carbonyl (C=O) groups excluding carboxylic acids is 1. The van der Waals surface area contributed by atoms with Crippen LogP contribution in [0.4, 0.5) is 11.6 Å². The molecular formula is C14H17N5O. The molecule has 104 valence electrons. The van der Waals surface area contributed by atoms with Gasteiger partial charge in [0.1, 0.15) is 6.04 Å². The molecule has 1 amide bonds. The monoisotopic (exact) mass is 271 g/mol. The van der Waals surface area contributed by atoms with Crippen LogP contribution in [0.3, 0.4) is 0 Å². The van der Waals surface area contributed by atoms with Crippen molar-refractivity contribution in [1.82, 2.24) is 15.3 Å². The summed E-state index contributed by atoms with van der Waals surface area (Å²) in [5.74, 6) is 0.707. The Kier molecular flexibility index (Phi) is 3.14. The number of fused-ring (bicyclic) bond motifs is 1. The summed E-state index contributed by atoms with van der Waals surface area (Å²) in [7, 11) is 0. The van der Waals surface area contributed by atoms with Gasteiger partial charge in [-0.15, -0.1) is 0 Å². The van der Waals surface area contributed by atoms with Gasteiger partial charge in [0.05, 0.1) is 11.0 Å². The second-order valence-corrected chi connectivity index (χ2v) is 5.10. The normalized spacial score (nSPS) is 15.8. The summed E-state index contributed by atoms with van der Waals surface area (Å²) in [5, 5.41) is 5.96. The van der Waals surface area contributed by atoms with Crippen molar-refractivity contribution in [1.29, 1.82) is 0 Å². The van der Waals surface area contributed by atoms with Crippen molar-refractivity contribution >= 4 is 28.6 Å². The standard InChI is InChI=1S/C14H17N5O/c1-8(14(20)17-9-6-7-9)16-13-12(15)18-10-4-2-3-5-11(10)19-13/h2-5,8-9H,6-7H2,1H3,(H2,15,18)(H,16,19)(H,17,20). The second-order valence-electron chi connectivity index (χ2n) is 5.10. The lowest BCUT2D eigenvalue weighted by molar-refractivity contribution is -0.121. The van der Waals surface area contributed by atoms with Gasteiger partial charge >= 0.3 is 0 Å². The van der Waals surface area contributed by atoms with Gasteiger partial charge in [0.25, 0.3) is 0 Å². The SMILES string of the molecule is CC(Nc1nc2ccccc2nc1N)C(=O)NC1CC1. The van der Waals surface area contributed by atoms with Crippen LogP contribution in [-0.2, 0) is 4.79 Å². The summed E-state index contributed by atoms with van der Waals surface area (Å²) >= 11 is 0. The summed E-state index contributed by atoms with van der Waals surface area (Å²) in [5.41, 5.74) is 7.37. The molecule has 1 aromatic carbocycles. The summed E-state index contributed by atoms with van der Waals surface area (Å²) in [6, 6.07) is 7.43. The highest BCUT2D eigenvalue weighted by molar-refractivity contribution is 5.86. The number of amides is 1. The minimum absolute atomic E-state index is 0.0399. The van der Waals surface area contributed by atoms with E-state index in [1.54, 1.807) is 6.92 Å². The first kappa shape index (κ1) is 12.7. The van der Waals surface area contributed by atoms with E-state index in [9.17, 15) is 4.79 Å². The molecule has 6 nitrogen and oxygen atoms in total. The third-order valence-electron chi connectivity index (χ3n) is 3.27. The van der Waals surface area contributed by atoms with Crippen LogP contribution in [0.5, 0.6) is 0 Å².